The van der Waals surface area contributed by atoms with Crippen LogP contribution in [0, 0.1) is 5.92 Å². The molecule has 1 fully saturated rings. The van der Waals surface area contributed by atoms with E-state index in [9.17, 15) is 4.79 Å². The summed E-state index contributed by atoms with van der Waals surface area (Å²) in [7, 11) is 3.81. The lowest BCUT2D eigenvalue weighted by atomic mass is 9.89. The zero-order chi connectivity index (χ0) is 24.8. The summed E-state index contributed by atoms with van der Waals surface area (Å²) >= 11 is 6.21. The van der Waals surface area contributed by atoms with E-state index in [-0.39, 0.29) is 11.7 Å². The minimum absolute atomic E-state index is 0.109. The number of aromatic amines is 1. The third kappa shape index (κ3) is 4.06. The maximum absolute atomic E-state index is 13.9. The number of fused-ring (bicyclic) bond motifs is 2. The largest absolute Gasteiger partial charge is 0.493 e. The van der Waals surface area contributed by atoms with E-state index in [0.717, 1.165) is 58.4 Å². The molecule has 2 aromatic heterocycles. The van der Waals surface area contributed by atoms with E-state index >= 15 is 0 Å². The molecule has 2 atom stereocenters. The number of carbonyl (C=O) groups is 1. The Morgan fingerprint density at radius 3 is 2.97 bits per heavy atom. The van der Waals surface area contributed by atoms with Crippen molar-refractivity contribution in [3.8, 4) is 22.8 Å². The molecule has 1 unspecified atom stereocenters. The zero-order valence-electron chi connectivity index (χ0n) is 20.5. The number of Topliss-reactive ketones (excluding diaryl/α,β-unsaturated/α-hetero) is 1. The molecule has 1 saturated heterocycles. The second kappa shape index (κ2) is 9.30. The van der Waals surface area contributed by atoms with Gasteiger partial charge in [0.25, 0.3) is 0 Å². The summed E-state index contributed by atoms with van der Waals surface area (Å²) in [5.41, 5.74) is 4.66. The van der Waals surface area contributed by atoms with Crippen molar-refractivity contribution in [2.24, 2.45) is 5.92 Å². The molecular formula is C28H29ClN4O3. The molecule has 4 heterocycles. The van der Waals surface area contributed by atoms with Gasteiger partial charge in [0.1, 0.15) is 5.75 Å². The summed E-state index contributed by atoms with van der Waals surface area (Å²) in [5.74, 6) is 1.29. The first-order valence-corrected chi connectivity index (χ1v) is 12.8. The van der Waals surface area contributed by atoms with E-state index in [2.05, 4.69) is 32.8 Å². The van der Waals surface area contributed by atoms with Gasteiger partial charge in [-0.1, -0.05) is 23.7 Å². The van der Waals surface area contributed by atoms with Crippen molar-refractivity contribution in [1.82, 2.24) is 19.7 Å². The van der Waals surface area contributed by atoms with Crippen LogP contribution in [0.1, 0.15) is 28.8 Å². The summed E-state index contributed by atoms with van der Waals surface area (Å²) in [5, 5.41) is 8.66. The Bertz CT molecular complexity index is 1440. The summed E-state index contributed by atoms with van der Waals surface area (Å²) in [6.07, 6.45) is 6.79. The van der Waals surface area contributed by atoms with Gasteiger partial charge in [0.05, 0.1) is 31.4 Å². The monoisotopic (exact) mass is 504 g/mol. The van der Waals surface area contributed by atoms with Gasteiger partial charge >= 0.3 is 0 Å². The van der Waals surface area contributed by atoms with Gasteiger partial charge in [0.15, 0.2) is 5.78 Å². The van der Waals surface area contributed by atoms with Crippen LogP contribution in [0.3, 0.4) is 0 Å². The Kier molecular flexibility index (Phi) is 5.97. The number of benzene rings is 2. The zero-order valence-corrected chi connectivity index (χ0v) is 21.2. The van der Waals surface area contributed by atoms with Gasteiger partial charge in [0.2, 0.25) is 5.88 Å². The van der Waals surface area contributed by atoms with Gasteiger partial charge in [-0.15, -0.1) is 0 Å². The number of ketones is 1. The molecule has 0 aliphatic carbocycles. The van der Waals surface area contributed by atoms with Crippen molar-refractivity contribution >= 4 is 28.3 Å². The molecule has 0 saturated carbocycles. The number of likely N-dealkylation sites (tertiary alicyclic amines) is 1. The number of H-pyrrole nitrogens is 1. The highest BCUT2D eigenvalue weighted by atomic mass is 35.5. The number of aromatic nitrogens is 3. The molecule has 186 valence electrons. The van der Waals surface area contributed by atoms with Crippen LogP contribution in [0.15, 0.2) is 48.8 Å². The van der Waals surface area contributed by atoms with Crippen molar-refractivity contribution in [3.05, 3.63) is 64.9 Å². The SMILES string of the molecule is COc1[nH]ncc1-c1ccc2c(C(=O)C3COc4ccc(Cl)cc4C3)cn(C[C@H]3CCCN3C)c2c1. The van der Waals surface area contributed by atoms with Crippen LogP contribution in [-0.4, -0.2) is 58.8 Å². The molecule has 0 bridgehead atoms. The average Bonchev–Trinajstić information content (AvgIpc) is 3.62. The quantitative estimate of drug-likeness (QED) is 0.364. The third-order valence-corrected chi connectivity index (χ3v) is 7.88. The molecule has 2 aliphatic rings. The van der Waals surface area contributed by atoms with E-state index in [1.165, 1.54) is 6.42 Å². The van der Waals surface area contributed by atoms with Crippen LogP contribution in [-0.2, 0) is 13.0 Å². The number of ether oxygens (including phenoxy) is 2. The van der Waals surface area contributed by atoms with Crippen molar-refractivity contribution < 1.29 is 14.3 Å². The number of hydrogen-bond acceptors (Lipinski definition) is 5. The lowest BCUT2D eigenvalue weighted by Gasteiger charge is -2.24. The maximum atomic E-state index is 13.9. The molecule has 0 amide bonds. The highest BCUT2D eigenvalue weighted by Crippen LogP contribution is 2.36. The predicted octanol–water partition coefficient (Wildman–Crippen LogP) is 5.22. The van der Waals surface area contributed by atoms with Gasteiger partial charge < -0.3 is 18.9 Å². The van der Waals surface area contributed by atoms with E-state index < -0.39 is 0 Å². The van der Waals surface area contributed by atoms with Gasteiger partial charge in [-0.2, -0.15) is 5.10 Å². The highest BCUT2D eigenvalue weighted by Gasteiger charge is 2.30. The number of methoxy groups -OCH3 is 1. The number of hydrogen-bond donors (Lipinski definition) is 1. The number of nitrogens with one attached hydrogen (secondary N) is 1. The van der Waals surface area contributed by atoms with Crippen LogP contribution < -0.4 is 9.47 Å². The fraction of sp³-hybridized carbons (Fsp3) is 0.357. The van der Waals surface area contributed by atoms with Crippen molar-refractivity contribution in [2.45, 2.75) is 31.8 Å². The van der Waals surface area contributed by atoms with Crippen LogP contribution in [0.25, 0.3) is 22.0 Å². The standard InChI is InChI=1S/C28H29ClN4O3/c1-32-9-3-4-21(32)14-33-15-24(27(34)19-10-18-11-20(29)6-8-26(18)36-16-19)22-7-5-17(12-25(22)33)23-13-30-31-28(23)35-2/h5-8,11-13,15,19,21H,3-4,9-10,14,16H2,1-2H3,(H,30,31)/t19?,21-/m1/s1. The number of carbonyl (C=O) groups excluding carboxylic acids is 1. The molecule has 4 aromatic rings. The molecule has 0 spiro atoms. The number of halogens is 1. The molecular weight excluding hydrogens is 476 g/mol. The van der Waals surface area contributed by atoms with Crippen LogP contribution in [0.5, 0.6) is 11.6 Å². The van der Waals surface area contributed by atoms with Gasteiger partial charge in [-0.3, -0.25) is 4.79 Å². The molecule has 0 radical (unpaired) electrons. The molecule has 7 nitrogen and oxygen atoms in total. The lowest BCUT2D eigenvalue weighted by molar-refractivity contribution is 0.0856. The minimum Gasteiger partial charge on any atom is -0.493 e. The Morgan fingerprint density at radius 1 is 1.28 bits per heavy atom. The van der Waals surface area contributed by atoms with E-state index in [4.69, 9.17) is 21.1 Å². The maximum Gasteiger partial charge on any atom is 0.216 e. The first kappa shape index (κ1) is 23.1. The molecule has 1 N–H and O–H groups in total. The number of nitrogens with zero attached hydrogens (tertiary/aromatic N) is 3. The van der Waals surface area contributed by atoms with Crippen molar-refractivity contribution in [3.63, 3.8) is 0 Å². The van der Waals surface area contributed by atoms with Crippen LogP contribution in [0.2, 0.25) is 5.02 Å². The van der Waals surface area contributed by atoms with Crippen molar-refractivity contribution in [2.75, 3.05) is 27.3 Å². The molecule has 2 aliphatic heterocycles. The first-order chi connectivity index (χ1) is 17.5. The topological polar surface area (TPSA) is 72.4 Å². The van der Waals surface area contributed by atoms with Gasteiger partial charge in [-0.25, -0.2) is 5.10 Å². The smallest absolute Gasteiger partial charge is 0.216 e. The Balaban J connectivity index is 1.40. The minimum atomic E-state index is -0.252. The Morgan fingerprint density at radius 2 is 2.17 bits per heavy atom. The second-order valence-electron chi connectivity index (χ2n) is 9.85. The fourth-order valence-corrected chi connectivity index (χ4v) is 5.83. The highest BCUT2D eigenvalue weighted by molar-refractivity contribution is 6.30. The van der Waals surface area contributed by atoms with E-state index in [1.54, 1.807) is 13.3 Å². The first-order valence-electron chi connectivity index (χ1n) is 12.4. The third-order valence-electron chi connectivity index (χ3n) is 7.65. The number of likely N-dealkylation sites (N-methyl/N-ethyl adjacent to an activating group) is 1. The Hall–Kier alpha value is -3.29. The predicted molar refractivity (Wildman–Crippen MR) is 140 cm³/mol. The molecule has 8 heteroatoms. The Labute approximate surface area is 214 Å². The van der Waals surface area contributed by atoms with Crippen LogP contribution >= 0.6 is 11.6 Å². The fourth-order valence-electron chi connectivity index (χ4n) is 5.63. The van der Waals surface area contributed by atoms with Gasteiger partial charge in [0, 0.05) is 40.3 Å². The van der Waals surface area contributed by atoms with E-state index in [0.29, 0.717) is 30.0 Å². The lowest BCUT2D eigenvalue weighted by Crippen LogP contribution is -2.29. The van der Waals surface area contributed by atoms with Crippen molar-refractivity contribution in [1.29, 1.82) is 0 Å². The normalized spacial score (nSPS) is 19.9. The molecule has 36 heavy (non-hydrogen) atoms. The second-order valence-corrected chi connectivity index (χ2v) is 10.3. The summed E-state index contributed by atoms with van der Waals surface area (Å²) in [6, 6.07) is 12.3. The van der Waals surface area contributed by atoms with E-state index in [1.807, 2.05) is 36.5 Å². The number of rotatable bonds is 6. The summed E-state index contributed by atoms with van der Waals surface area (Å²) in [4.78, 5) is 16.3. The average molecular weight is 505 g/mol. The van der Waals surface area contributed by atoms with Gasteiger partial charge in [-0.05, 0) is 68.2 Å². The summed E-state index contributed by atoms with van der Waals surface area (Å²) in [6.45, 7) is 2.32. The van der Waals surface area contributed by atoms with Crippen LogP contribution in [0.4, 0.5) is 0 Å². The summed E-state index contributed by atoms with van der Waals surface area (Å²) < 4.78 is 13.7. The molecule has 6 rings (SSSR count). The molecule has 2 aromatic carbocycles.